The Morgan fingerprint density at radius 1 is 1.03 bits per heavy atom. The van der Waals surface area contributed by atoms with E-state index in [1.54, 1.807) is 19.2 Å². The number of hydrogen-bond donors (Lipinski definition) is 2. The Kier molecular flexibility index (Phi) is 7.00. The molecule has 0 spiro atoms. The highest BCUT2D eigenvalue weighted by Gasteiger charge is 2.12. The molecule has 0 saturated carbocycles. The Labute approximate surface area is 170 Å². The number of aromatic nitrogens is 2. The van der Waals surface area contributed by atoms with Gasteiger partial charge in [-0.2, -0.15) is 0 Å². The number of nitrogens with one attached hydrogen (secondary N) is 2. The second kappa shape index (κ2) is 10.1. The van der Waals surface area contributed by atoms with E-state index in [-0.39, 0.29) is 11.6 Å². The van der Waals surface area contributed by atoms with Crippen molar-refractivity contribution in [3.63, 3.8) is 0 Å². The summed E-state index contributed by atoms with van der Waals surface area (Å²) in [5.74, 6) is 1.73. The SMILES string of the molecule is CCOc1ccccc1NC(=O)c1cc(NCCc2ccccc2OC)ncn1. The highest BCUT2D eigenvalue weighted by molar-refractivity contribution is 6.04. The number of carbonyl (C=O) groups excluding carboxylic acids is 1. The highest BCUT2D eigenvalue weighted by atomic mass is 16.5. The molecule has 7 nitrogen and oxygen atoms in total. The lowest BCUT2D eigenvalue weighted by atomic mass is 10.1. The number of rotatable bonds is 9. The third-order valence-corrected chi connectivity index (χ3v) is 4.23. The molecule has 2 aromatic carbocycles. The molecule has 0 atom stereocenters. The van der Waals surface area contributed by atoms with Gasteiger partial charge in [0.2, 0.25) is 0 Å². The first kappa shape index (κ1) is 20.1. The van der Waals surface area contributed by atoms with Crippen molar-refractivity contribution in [2.24, 2.45) is 0 Å². The second-order valence-corrected chi connectivity index (χ2v) is 6.16. The van der Waals surface area contributed by atoms with Crippen molar-refractivity contribution in [3.05, 3.63) is 72.2 Å². The van der Waals surface area contributed by atoms with Crippen LogP contribution in [0.2, 0.25) is 0 Å². The summed E-state index contributed by atoms with van der Waals surface area (Å²) in [5.41, 5.74) is 1.97. The van der Waals surface area contributed by atoms with Crippen LogP contribution in [0.25, 0.3) is 0 Å². The lowest BCUT2D eigenvalue weighted by Gasteiger charge is -2.12. The third kappa shape index (κ3) is 5.44. The molecule has 0 aliphatic heterocycles. The molecular formula is C22H24N4O3. The zero-order valence-electron chi connectivity index (χ0n) is 16.5. The molecule has 150 valence electrons. The van der Waals surface area contributed by atoms with Crippen molar-refractivity contribution in [3.8, 4) is 11.5 Å². The van der Waals surface area contributed by atoms with Gasteiger partial charge in [0.15, 0.2) is 0 Å². The summed E-state index contributed by atoms with van der Waals surface area (Å²) < 4.78 is 10.9. The van der Waals surface area contributed by atoms with Gasteiger partial charge in [0.1, 0.15) is 29.3 Å². The fraction of sp³-hybridized carbons (Fsp3) is 0.227. The van der Waals surface area contributed by atoms with E-state index in [0.29, 0.717) is 30.4 Å². The molecule has 0 saturated heterocycles. The Bertz CT molecular complexity index is 962. The Morgan fingerprint density at radius 3 is 2.59 bits per heavy atom. The minimum atomic E-state index is -0.327. The van der Waals surface area contributed by atoms with E-state index in [0.717, 1.165) is 17.7 Å². The van der Waals surface area contributed by atoms with E-state index in [2.05, 4.69) is 20.6 Å². The Hall–Kier alpha value is -3.61. The van der Waals surface area contributed by atoms with Crippen LogP contribution in [0.5, 0.6) is 11.5 Å². The predicted molar refractivity (Wildman–Crippen MR) is 113 cm³/mol. The van der Waals surface area contributed by atoms with Crippen molar-refractivity contribution in [1.29, 1.82) is 0 Å². The van der Waals surface area contributed by atoms with Crippen molar-refractivity contribution >= 4 is 17.4 Å². The third-order valence-electron chi connectivity index (χ3n) is 4.23. The number of anilines is 2. The first-order valence-corrected chi connectivity index (χ1v) is 9.42. The van der Waals surface area contributed by atoms with Crippen molar-refractivity contribution in [2.45, 2.75) is 13.3 Å². The molecular weight excluding hydrogens is 368 g/mol. The van der Waals surface area contributed by atoms with Crippen LogP contribution in [0.1, 0.15) is 23.0 Å². The van der Waals surface area contributed by atoms with E-state index < -0.39 is 0 Å². The number of nitrogens with zero attached hydrogens (tertiary/aromatic N) is 2. The molecule has 1 heterocycles. The zero-order chi connectivity index (χ0) is 20.5. The van der Waals surface area contributed by atoms with Gasteiger partial charge in [-0.3, -0.25) is 4.79 Å². The highest BCUT2D eigenvalue weighted by Crippen LogP contribution is 2.24. The Balaban J connectivity index is 1.62. The van der Waals surface area contributed by atoms with E-state index in [1.165, 1.54) is 6.33 Å². The van der Waals surface area contributed by atoms with Crippen LogP contribution < -0.4 is 20.1 Å². The minimum Gasteiger partial charge on any atom is -0.496 e. The fourth-order valence-electron chi connectivity index (χ4n) is 2.85. The summed E-state index contributed by atoms with van der Waals surface area (Å²) in [6.45, 7) is 3.05. The average Bonchev–Trinajstić information content (AvgIpc) is 2.76. The van der Waals surface area contributed by atoms with Crippen LogP contribution in [-0.4, -0.2) is 36.1 Å². The molecule has 2 N–H and O–H groups in total. The van der Waals surface area contributed by atoms with Gasteiger partial charge in [0.05, 0.1) is 19.4 Å². The van der Waals surface area contributed by atoms with Crippen molar-refractivity contribution in [1.82, 2.24) is 9.97 Å². The second-order valence-electron chi connectivity index (χ2n) is 6.16. The maximum Gasteiger partial charge on any atom is 0.274 e. The molecule has 1 amide bonds. The molecule has 7 heteroatoms. The maximum absolute atomic E-state index is 12.6. The van der Waals surface area contributed by atoms with E-state index >= 15 is 0 Å². The summed E-state index contributed by atoms with van der Waals surface area (Å²) in [7, 11) is 1.66. The molecule has 1 aromatic heterocycles. The summed E-state index contributed by atoms with van der Waals surface area (Å²) in [4.78, 5) is 20.9. The summed E-state index contributed by atoms with van der Waals surface area (Å²) in [5, 5.41) is 6.06. The van der Waals surface area contributed by atoms with Gasteiger partial charge in [-0.25, -0.2) is 9.97 Å². The van der Waals surface area contributed by atoms with E-state index in [9.17, 15) is 4.79 Å². The van der Waals surface area contributed by atoms with Crippen LogP contribution in [0.4, 0.5) is 11.5 Å². The largest absolute Gasteiger partial charge is 0.496 e. The molecule has 0 radical (unpaired) electrons. The van der Waals surface area contributed by atoms with Gasteiger partial charge in [0.25, 0.3) is 5.91 Å². The van der Waals surface area contributed by atoms with Gasteiger partial charge in [-0.05, 0) is 37.1 Å². The quantitative estimate of drug-likeness (QED) is 0.576. The number of ether oxygens (including phenoxy) is 2. The molecule has 0 aliphatic carbocycles. The van der Waals surface area contributed by atoms with Gasteiger partial charge in [-0.15, -0.1) is 0 Å². The average molecular weight is 392 g/mol. The normalized spacial score (nSPS) is 10.3. The van der Waals surface area contributed by atoms with Crippen molar-refractivity contribution in [2.75, 3.05) is 30.9 Å². The molecule has 0 fully saturated rings. The van der Waals surface area contributed by atoms with Crippen LogP contribution >= 0.6 is 0 Å². The van der Waals surface area contributed by atoms with E-state index in [1.807, 2.05) is 49.4 Å². The van der Waals surface area contributed by atoms with Crippen molar-refractivity contribution < 1.29 is 14.3 Å². The lowest BCUT2D eigenvalue weighted by molar-refractivity contribution is 0.102. The number of para-hydroxylation sites is 3. The van der Waals surface area contributed by atoms with Crippen LogP contribution in [0.3, 0.4) is 0 Å². The topological polar surface area (TPSA) is 85.4 Å². The fourth-order valence-corrected chi connectivity index (χ4v) is 2.85. The number of amides is 1. The minimum absolute atomic E-state index is 0.270. The standard InChI is InChI=1S/C22H24N4O3/c1-3-29-20-11-7-5-9-17(20)26-22(27)18-14-21(25-15-24-18)23-13-12-16-8-4-6-10-19(16)28-2/h4-11,14-15H,3,12-13H2,1-2H3,(H,26,27)(H,23,24,25). The van der Waals surface area contributed by atoms with E-state index in [4.69, 9.17) is 9.47 Å². The van der Waals surface area contributed by atoms with Gasteiger partial charge in [0, 0.05) is 12.6 Å². The van der Waals surface area contributed by atoms with Crippen LogP contribution in [0, 0.1) is 0 Å². The molecule has 0 aliphatic rings. The summed E-state index contributed by atoms with van der Waals surface area (Å²) in [6, 6.07) is 16.8. The molecule has 29 heavy (non-hydrogen) atoms. The predicted octanol–water partition coefficient (Wildman–Crippen LogP) is 3.79. The van der Waals surface area contributed by atoms with Gasteiger partial charge >= 0.3 is 0 Å². The van der Waals surface area contributed by atoms with Crippen LogP contribution in [0.15, 0.2) is 60.9 Å². The molecule has 3 rings (SSSR count). The molecule has 0 bridgehead atoms. The number of benzene rings is 2. The van der Waals surface area contributed by atoms with Crippen LogP contribution in [-0.2, 0) is 6.42 Å². The smallest absolute Gasteiger partial charge is 0.274 e. The first-order valence-electron chi connectivity index (χ1n) is 9.42. The first-order chi connectivity index (χ1) is 14.2. The number of carbonyl (C=O) groups is 1. The number of hydrogen-bond acceptors (Lipinski definition) is 6. The monoisotopic (exact) mass is 392 g/mol. The number of methoxy groups -OCH3 is 1. The summed E-state index contributed by atoms with van der Waals surface area (Å²) >= 11 is 0. The summed E-state index contributed by atoms with van der Waals surface area (Å²) in [6.07, 6.45) is 2.13. The van der Waals surface area contributed by atoms with Gasteiger partial charge < -0.3 is 20.1 Å². The maximum atomic E-state index is 12.6. The lowest BCUT2D eigenvalue weighted by Crippen LogP contribution is -2.16. The van der Waals surface area contributed by atoms with Gasteiger partial charge in [-0.1, -0.05) is 30.3 Å². The Morgan fingerprint density at radius 2 is 1.79 bits per heavy atom. The molecule has 3 aromatic rings. The zero-order valence-corrected chi connectivity index (χ0v) is 16.5. The molecule has 0 unspecified atom stereocenters.